The van der Waals surface area contributed by atoms with Gasteiger partial charge in [-0.25, -0.2) is 0 Å². The first kappa shape index (κ1) is 15.9. The zero-order valence-electron chi connectivity index (χ0n) is 13.1. The molecule has 1 heterocycles. The van der Waals surface area contributed by atoms with Crippen LogP contribution in [0.25, 0.3) is 0 Å². The zero-order valence-corrected chi connectivity index (χ0v) is 13.1. The van der Waals surface area contributed by atoms with Gasteiger partial charge in [0.05, 0.1) is 0 Å². The van der Waals surface area contributed by atoms with Crippen LogP contribution in [0.3, 0.4) is 0 Å². The number of rotatable bonds is 7. The highest BCUT2D eigenvalue weighted by atomic mass is 15.2. The molecule has 0 aliphatic carbocycles. The second-order valence-corrected chi connectivity index (χ2v) is 6.44. The van der Waals surface area contributed by atoms with Crippen molar-refractivity contribution in [3.05, 3.63) is 0 Å². The Hall–Kier alpha value is -0.120. The minimum Gasteiger partial charge on any atom is -0.315 e. The molecule has 1 unspecified atom stereocenters. The summed E-state index contributed by atoms with van der Waals surface area (Å²) >= 11 is 0. The Balaban J connectivity index is 2.17. The summed E-state index contributed by atoms with van der Waals surface area (Å²) in [5.41, 5.74) is 0. The molecule has 1 saturated heterocycles. The number of hydrogen-bond acceptors (Lipinski definition) is 3. The van der Waals surface area contributed by atoms with Crippen molar-refractivity contribution >= 4 is 0 Å². The highest BCUT2D eigenvalue weighted by Gasteiger charge is 2.23. The fourth-order valence-electron chi connectivity index (χ4n) is 2.61. The molecule has 1 rings (SSSR count). The number of nitrogens with one attached hydrogen (secondary N) is 1. The monoisotopic (exact) mass is 255 g/mol. The molecule has 18 heavy (non-hydrogen) atoms. The van der Waals surface area contributed by atoms with E-state index in [1.165, 1.54) is 32.4 Å². The molecule has 1 atom stereocenters. The average Bonchev–Trinajstić information content (AvgIpc) is 2.34. The van der Waals surface area contributed by atoms with Crippen LogP contribution in [0, 0.1) is 5.92 Å². The molecule has 108 valence electrons. The van der Waals surface area contributed by atoms with Crippen molar-refractivity contribution in [3.8, 4) is 0 Å². The van der Waals surface area contributed by atoms with Crippen molar-refractivity contribution in [2.24, 2.45) is 5.92 Å². The molecular weight excluding hydrogens is 222 g/mol. The number of piperidine rings is 1. The van der Waals surface area contributed by atoms with Crippen LogP contribution in [-0.2, 0) is 0 Å². The summed E-state index contributed by atoms with van der Waals surface area (Å²) in [4.78, 5) is 5.02. The molecule has 0 aromatic rings. The number of hydrogen-bond donors (Lipinski definition) is 1. The summed E-state index contributed by atoms with van der Waals surface area (Å²) in [7, 11) is 4.53. The Morgan fingerprint density at radius 3 is 2.39 bits per heavy atom. The molecule has 3 heteroatoms. The summed E-state index contributed by atoms with van der Waals surface area (Å²) in [6.07, 6.45) is 3.93. The quantitative estimate of drug-likeness (QED) is 0.702. The first-order chi connectivity index (χ1) is 8.50. The minimum atomic E-state index is 0.644. The highest BCUT2D eigenvalue weighted by Crippen LogP contribution is 2.16. The third-order valence-corrected chi connectivity index (χ3v) is 4.30. The lowest BCUT2D eigenvalue weighted by atomic mass is 10.0. The van der Waals surface area contributed by atoms with Crippen molar-refractivity contribution in [1.29, 1.82) is 0 Å². The Labute approximate surface area is 114 Å². The number of likely N-dealkylation sites (tertiary alicyclic amines) is 1. The second-order valence-electron chi connectivity index (χ2n) is 6.44. The van der Waals surface area contributed by atoms with Gasteiger partial charge in [-0.2, -0.15) is 0 Å². The summed E-state index contributed by atoms with van der Waals surface area (Å²) in [5.74, 6) is 0.805. The summed E-state index contributed by atoms with van der Waals surface area (Å²) in [6, 6.07) is 1.42. The molecule has 0 radical (unpaired) electrons. The van der Waals surface area contributed by atoms with Crippen LogP contribution >= 0.6 is 0 Å². The molecule has 1 aliphatic rings. The summed E-state index contributed by atoms with van der Waals surface area (Å²) in [5, 5.41) is 3.59. The van der Waals surface area contributed by atoms with Crippen LogP contribution in [0.5, 0.6) is 0 Å². The average molecular weight is 255 g/mol. The van der Waals surface area contributed by atoms with E-state index in [4.69, 9.17) is 0 Å². The van der Waals surface area contributed by atoms with Crippen molar-refractivity contribution < 1.29 is 0 Å². The van der Waals surface area contributed by atoms with Crippen LogP contribution in [0.2, 0.25) is 0 Å². The minimum absolute atomic E-state index is 0.644. The van der Waals surface area contributed by atoms with Crippen LogP contribution in [0.1, 0.15) is 40.0 Å². The number of nitrogens with zero attached hydrogens (tertiary/aromatic N) is 2. The molecule has 1 aliphatic heterocycles. The lowest BCUT2D eigenvalue weighted by molar-refractivity contribution is 0.112. The van der Waals surface area contributed by atoms with Crippen LogP contribution < -0.4 is 5.32 Å². The van der Waals surface area contributed by atoms with E-state index >= 15 is 0 Å². The maximum Gasteiger partial charge on any atom is 0.0192 e. The van der Waals surface area contributed by atoms with E-state index < -0.39 is 0 Å². The van der Waals surface area contributed by atoms with Gasteiger partial charge < -0.3 is 10.2 Å². The molecule has 0 saturated carbocycles. The van der Waals surface area contributed by atoms with E-state index in [0.29, 0.717) is 6.04 Å². The van der Waals surface area contributed by atoms with E-state index in [-0.39, 0.29) is 0 Å². The van der Waals surface area contributed by atoms with Crippen molar-refractivity contribution in [3.63, 3.8) is 0 Å². The van der Waals surface area contributed by atoms with Gasteiger partial charge in [-0.1, -0.05) is 13.8 Å². The Morgan fingerprint density at radius 1 is 1.22 bits per heavy atom. The van der Waals surface area contributed by atoms with Gasteiger partial charge in [-0.15, -0.1) is 0 Å². The number of likely N-dealkylation sites (N-methyl/N-ethyl adjacent to an activating group) is 1. The van der Waals surface area contributed by atoms with Gasteiger partial charge >= 0.3 is 0 Å². The maximum atomic E-state index is 3.59. The molecule has 1 fully saturated rings. The first-order valence-electron chi connectivity index (χ1n) is 7.62. The topological polar surface area (TPSA) is 18.5 Å². The molecule has 0 amide bonds. The SMILES string of the molecule is CC(C)CCNCC(C)N(C)C1CCN(C)CC1. The molecule has 0 spiro atoms. The van der Waals surface area contributed by atoms with Gasteiger partial charge in [0, 0.05) is 18.6 Å². The predicted octanol–water partition coefficient (Wildman–Crippen LogP) is 2.04. The van der Waals surface area contributed by atoms with E-state index in [1.807, 2.05) is 0 Å². The van der Waals surface area contributed by atoms with Gasteiger partial charge in [-0.3, -0.25) is 4.90 Å². The Morgan fingerprint density at radius 2 is 1.83 bits per heavy atom. The Bertz CT molecular complexity index is 210. The van der Waals surface area contributed by atoms with Gasteiger partial charge in [0.2, 0.25) is 0 Å². The van der Waals surface area contributed by atoms with Crippen LogP contribution in [-0.4, -0.2) is 62.2 Å². The fraction of sp³-hybridized carbons (Fsp3) is 1.00. The smallest absolute Gasteiger partial charge is 0.0192 e. The van der Waals surface area contributed by atoms with Gasteiger partial charge in [0.25, 0.3) is 0 Å². The Kier molecular flexibility index (Phi) is 7.20. The van der Waals surface area contributed by atoms with Gasteiger partial charge in [-0.05, 0) is 65.8 Å². The molecule has 0 aromatic carbocycles. The van der Waals surface area contributed by atoms with Crippen LogP contribution in [0.4, 0.5) is 0 Å². The van der Waals surface area contributed by atoms with Gasteiger partial charge in [0.1, 0.15) is 0 Å². The largest absolute Gasteiger partial charge is 0.315 e. The highest BCUT2D eigenvalue weighted by molar-refractivity contribution is 4.80. The van der Waals surface area contributed by atoms with E-state index in [2.05, 4.69) is 50.0 Å². The van der Waals surface area contributed by atoms with Crippen molar-refractivity contribution in [2.75, 3.05) is 40.3 Å². The fourth-order valence-corrected chi connectivity index (χ4v) is 2.61. The predicted molar refractivity (Wildman–Crippen MR) is 80.1 cm³/mol. The maximum absolute atomic E-state index is 3.59. The van der Waals surface area contributed by atoms with Crippen molar-refractivity contribution in [2.45, 2.75) is 52.1 Å². The zero-order chi connectivity index (χ0) is 13.5. The molecular formula is C15H33N3. The van der Waals surface area contributed by atoms with E-state index in [9.17, 15) is 0 Å². The first-order valence-corrected chi connectivity index (χ1v) is 7.62. The third kappa shape index (κ3) is 5.68. The summed E-state index contributed by atoms with van der Waals surface area (Å²) < 4.78 is 0. The molecule has 3 nitrogen and oxygen atoms in total. The lowest BCUT2D eigenvalue weighted by Crippen LogP contribution is -2.48. The second kappa shape index (κ2) is 8.13. The van der Waals surface area contributed by atoms with Gasteiger partial charge in [0.15, 0.2) is 0 Å². The van der Waals surface area contributed by atoms with Crippen LogP contribution in [0.15, 0.2) is 0 Å². The third-order valence-electron chi connectivity index (χ3n) is 4.30. The molecule has 0 bridgehead atoms. The molecule has 0 aromatic heterocycles. The van der Waals surface area contributed by atoms with E-state index in [1.54, 1.807) is 0 Å². The standard InChI is InChI=1S/C15H33N3/c1-13(2)6-9-16-12-14(3)18(5)15-7-10-17(4)11-8-15/h13-16H,6-12H2,1-5H3. The normalized spacial score (nSPS) is 20.8. The molecule has 1 N–H and O–H groups in total. The van der Waals surface area contributed by atoms with Crippen molar-refractivity contribution in [1.82, 2.24) is 15.1 Å². The van der Waals surface area contributed by atoms with E-state index in [0.717, 1.165) is 25.0 Å². The lowest BCUT2D eigenvalue weighted by Gasteiger charge is -2.38. The summed E-state index contributed by atoms with van der Waals surface area (Å²) in [6.45, 7) is 11.7.